The van der Waals surface area contributed by atoms with Gasteiger partial charge in [0, 0.05) is 12.1 Å². The molecule has 2 saturated carbocycles. The van der Waals surface area contributed by atoms with Crippen molar-refractivity contribution in [2.75, 3.05) is 27.2 Å². The van der Waals surface area contributed by atoms with Crippen LogP contribution in [0, 0.1) is 17.3 Å². The predicted octanol–water partition coefficient (Wildman–Crippen LogP) is 1.33. The van der Waals surface area contributed by atoms with Crippen LogP contribution in [0.3, 0.4) is 0 Å². The van der Waals surface area contributed by atoms with E-state index in [0.29, 0.717) is 11.0 Å². The van der Waals surface area contributed by atoms with Gasteiger partial charge in [0.05, 0.1) is 0 Å². The standard InChI is InChI=1S/C12H22N2/c1-11-4-5-12(8-11,14(2)3)10-7-13-6-9(10)11/h9-10,13H,4-8H2,1-3H3. The molecular weight excluding hydrogens is 172 g/mol. The van der Waals surface area contributed by atoms with Crippen LogP contribution >= 0.6 is 0 Å². The van der Waals surface area contributed by atoms with Crippen molar-refractivity contribution in [3.05, 3.63) is 0 Å². The molecule has 1 aliphatic heterocycles. The van der Waals surface area contributed by atoms with E-state index in [-0.39, 0.29) is 0 Å². The van der Waals surface area contributed by atoms with E-state index in [1.54, 1.807) is 0 Å². The molecule has 3 aliphatic rings. The van der Waals surface area contributed by atoms with Gasteiger partial charge in [0.25, 0.3) is 0 Å². The third-order valence-electron chi connectivity index (χ3n) is 5.53. The molecule has 0 radical (unpaired) electrons. The topological polar surface area (TPSA) is 15.3 Å². The second-order valence-electron chi connectivity index (χ2n) is 6.20. The highest BCUT2D eigenvalue weighted by atomic mass is 15.2. The van der Waals surface area contributed by atoms with Crippen LogP contribution in [0.15, 0.2) is 0 Å². The first kappa shape index (κ1) is 9.17. The maximum absolute atomic E-state index is 3.60. The van der Waals surface area contributed by atoms with Gasteiger partial charge in [-0.05, 0) is 57.2 Å². The zero-order valence-electron chi connectivity index (χ0n) is 9.64. The van der Waals surface area contributed by atoms with Crippen LogP contribution in [0.1, 0.15) is 26.2 Å². The Hall–Kier alpha value is -0.0800. The minimum atomic E-state index is 0.545. The molecule has 0 spiro atoms. The van der Waals surface area contributed by atoms with E-state index in [9.17, 15) is 0 Å². The average Bonchev–Trinajstić information content (AvgIpc) is 2.71. The van der Waals surface area contributed by atoms with Gasteiger partial charge in [-0.3, -0.25) is 0 Å². The van der Waals surface area contributed by atoms with E-state index in [1.165, 1.54) is 32.4 Å². The maximum atomic E-state index is 3.60. The summed E-state index contributed by atoms with van der Waals surface area (Å²) in [4.78, 5) is 2.52. The van der Waals surface area contributed by atoms with Crippen molar-refractivity contribution in [1.82, 2.24) is 10.2 Å². The fourth-order valence-electron chi connectivity index (χ4n) is 4.70. The third-order valence-corrected chi connectivity index (χ3v) is 5.53. The van der Waals surface area contributed by atoms with Gasteiger partial charge in [0.15, 0.2) is 0 Å². The van der Waals surface area contributed by atoms with Crippen molar-refractivity contribution >= 4 is 0 Å². The fourth-order valence-corrected chi connectivity index (χ4v) is 4.70. The normalized spacial score (nSPS) is 55.7. The predicted molar refractivity (Wildman–Crippen MR) is 58.2 cm³/mol. The number of nitrogens with zero attached hydrogens (tertiary/aromatic N) is 1. The molecule has 0 aromatic rings. The fraction of sp³-hybridized carbons (Fsp3) is 1.00. The molecule has 2 nitrogen and oxygen atoms in total. The van der Waals surface area contributed by atoms with Crippen LogP contribution in [-0.4, -0.2) is 37.6 Å². The summed E-state index contributed by atoms with van der Waals surface area (Å²) in [5, 5.41) is 3.60. The van der Waals surface area contributed by atoms with Crippen molar-refractivity contribution in [3.8, 4) is 0 Å². The van der Waals surface area contributed by atoms with Gasteiger partial charge < -0.3 is 10.2 Å². The summed E-state index contributed by atoms with van der Waals surface area (Å²) in [6.45, 7) is 5.06. The lowest BCUT2D eigenvalue weighted by molar-refractivity contribution is 0.0851. The molecule has 80 valence electrons. The Kier molecular flexibility index (Phi) is 1.66. The zero-order valence-corrected chi connectivity index (χ0v) is 9.64. The minimum Gasteiger partial charge on any atom is -0.316 e. The Bertz CT molecular complexity index is 263. The van der Waals surface area contributed by atoms with E-state index >= 15 is 0 Å². The van der Waals surface area contributed by atoms with Crippen molar-refractivity contribution in [3.63, 3.8) is 0 Å². The van der Waals surface area contributed by atoms with Gasteiger partial charge in [-0.2, -0.15) is 0 Å². The van der Waals surface area contributed by atoms with Crippen LogP contribution in [0.2, 0.25) is 0 Å². The van der Waals surface area contributed by atoms with Crippen molar-refractivity contribution in [2.45, 2.75) is 31.7 Å². The van der Waals surface area contributed by atoms with Gasteiger partial charge in [-0.25, -0.2) is 0 Å². The summed E-state index contributed by atoms with van der Waals surface area (Å²) >= 11 is 0. The molecule has 2 aliphatic carbocycles. The highest BCUT2D eigenvalue weighted by Crippen LogP contribution is 2.64. The van der Waals surface area contributed by atoms with Crippen LogP contribution in [-0.2, 0) is 0 Å². The average molecular weight is 194 g/mol. The summed E-state index contributed by atoms with van der Waals surface area (Å²) in [5.41, 5.74) is 1.20. The second kappa shape index (κ2) is 2.53. The van der Waals surface area contributed by atoms with Gasteiger partial charge in [0.2, 0.25) is 0 Å². The molecule has 1 saturated heterocycles. The number of rotatable bonds is 1. The van der Waals surface area contributed by atoms with Crippen molar-refractivity contribution < 1.29 is 0 Å². The molecule has 4 atom stereocenters. The van der Waals surface area contributed by atoms with Crippen molar-refractivity contribution in [1.29, 1.82) is 0 Å². The first-order valence-electron chi connectivity index (χ1n) is 5.97. The SMILES string of the molecule is CN(C)C12CCC(C)(C1)C1CNCC12. The molecule has 0 aromatic carbocycles. The Balaban J connectivity index is 2.01. The Morgan fingerprint density at radius 2 is 1.86 bits per heavy atom. The van der Waals surface area contributed by atoms with Gasteiger partial charge in [0.1, 0.15) is 0 Å². The molecule has 2 bridgehead atoms. The summed E-state index contributed by atoms with van der Waals surface area (Å²) in [5.74, 6) is 1.88. The Labute approximate surface area is 87.0 Å². The first-order chi connectivity index (χ1) is 6.58. The molecular formula is C12H22N2. The highest BCUT2D eigenvalue weighted by Gasteiger charge is 2.65. The molecule has 14 heavy (non-hydrogen) atoms. The van der Waals surface area contributed by atoms with E-state index in [4.69, 9.17) is 0 Å². The highest BCUT2D eigenvalue weighted by molar-refractivity contribution is 5.19. The third kappa shape index (κ3) is 0.849. The number of hydrogen-bond acceptors (Lipinski definition) is 2. The monoisotopic (exact) mass is 194 g/mol. The number of hydrogen-bond donors (Lipinski definition) is 1. The Morgan fingerprint density at radius 3 is 2.57 bits per heavy atom. The second-order valence-corrected chi connectivity index (χ2v) is 6.20. The summed E-state index contributed by atoms with van der Waals surface area (Å²) in [6.07, 6.45) is 4.33. The van der Waals surface area contributed by atoms with Gasteiger partial charge >= 0.3 is 0 Å². The number of fused-ring (bicyclic) bond motifs is 5. The number of nitrogens with one attached hydrogen (secondary N) is 1. The molecule has 1 N–H and O–H groups in total. The largest absolute Gasteiger partial charge is 0.316 e. The van der Waals surface area contributed by atoms with E-state index in [2.05, 4.69) is 31.2 Å². The quantitative estimate of drug-likeness (QED) is 0.677. The summed E-state index contributed by atoms with van der Waals surface area (Å²) in [6, 6.07) is 0. The zero-order chi connectivity index (χ0) is 9.97. The van der Waals surface area contributed by atoms with Crippen LogP contribution in [0.25, 0.3) is 0 Å². The molecule has 2 heteroatoms. The van der Waals surface area contributed by atoms with E-state index in [0.717, 1.165) is 11.8 Å². The van der Waals surface area contributed by atoms with Crippen LogP contribution in [0.4, 0.5) is 0 Å². The molecule has 3 fully saturated rings. The first-order valence-corrected chi connectivity index (χ1v) is 5.97. The lowest BCUT2D eigenvalue weighted by atomic mass is 9.71. The molecule has 3 rings (SSSR count). The maximum Gasteiger partial charge on any atom is 0.0252 e. The molecule has 1 heterocycles. The van der Waals surface area contributed by atoms with E-state index in [1.807, 2.05) is 0 Å². The van der Waals surface area contributed by atoms with Crippen LogP contribution < -0.4 is 5.32 Å². The smallest absolute Gasteiger partial charge is 0.0252 e. The Morgan fingerprint density at radius 1 is 1.14 bits per heavy atom. The lowest BCUT2D eigenvalue weighted by Gasteiger charge is -2.41. The van der Waals surface area contributed by atoms with E-state index < -0.39 is 0 Å². The molecule has 0 aromatic heterocycles. The summed E-state index contributed by atoms with van der Waals surface area (Å²) in [7, 11) is 4.57. The van der Waals surface area contributed by atoms with Gasteiger partial charge in [-0.15, -0.1) is 0 Å². The molecule has 0 amide bonds. The van der Waals surface area contributed by atoms with Crippen molar-refractivity contribution in [2.24, 2.45) is 17.3 Å². The minimum absolute atomic E-state index is 0.545. The molecule has 4 unspecified atom stereocenters. The summed E-state index contributed by atoms with van der Waals surface area (Å²) < 4.78 is 0. The van der Waals surface area contributed by atoms with Gasteiger partial charge in [-0.1, -0.05) is 6.92 Å². The van der Waals surface area contributed by atoms with Crippen LogP contribution in [0.5, 0.6) is 0 Å². The lowest BCUT2D eigenvalue weighted by Crippen LogP contribution is -2.48.